The van der Waals surface area contributed by atoms with Gasteiger partial charge in [0, 0.05) is 23.6 Å². The quantitative estimate of drug-likeness (QED) is 0.507. The Balaban J connectivity index is 1.79. The van der Waals surface area contributed by atoms with Crippen molar-refractivity contribution in [3.05, 3.63) is 83.4 Å². The first-order chi connectivity index (χ1) is 12.8. The van der Waals surface area contributed by atoms with Crippen molar-refractivity contribution in [1.82, 2.24) is 4.98 Å². The number of carbonyl (C=O) groups is 1. The van der Waals surface area contributed by atoms with Gasteiger partial charge in [-0.05, 0) is 36.4 Å². The third kappa shape index (κ3) is 4.02. The number of pyridine rings is 1. The predicted molar refractivity (Wildman–Crippen MR) is 88.1 cm³/mol. The van der Waals surface area contributed by atoms with Crippen LogP contribution in [0.2, 0.25) is 0 Å². The minimum Gasteiger partial charge on any atom is -0.355 e. The summed E-state index contributed by atoms with van der Waals surface area (Å²) in [5, 5.41) is 4.83. The Hall–Kier alpha value is -3.49. The zero-order chi connectivity index (χ0) is 19.6. The number of nitrogens with one attached hydrogen (secondary N) is 2. The van der Waals surface area contributed by atoms with Crippen molar-refractivity contribution < 1.29 is 26.7 Å². The number of amides is 1. The summed E-state index contributed by atoms with van der Waals surface area (Å²) in [6.07, 6.45) is 1.25. The molecule has 0 spiro atoms. The summed E-state index contributed by atoms with van der Waals surface area (Å²) in [4.78, 5) is 16.0. The second-order valence-corrected chi connectivity index (χ2v) is 5.36. The van der Waals surface area contributed by atoms with Gasteiger partial charge < -0.3 is 10.6 Å². The molecule has 3 aromatic rings. The highest BCUT2D eigenvalue weighted by atomic mass is 19.2. The van der Waals surface area contributed by atoms with Crippen LogP contribution in [0.5, 0.6) is 0 Å². The Kier molecular flexibility index (Phi) is 5.02. The molecular formula is C18H10F5N3O. The van der Waals surface area contributed by atoms with Crippen molar-refractivity contribution in [2.45, 2.75) is 0 Å². The van der Waals surface area contributed by atoms with Crippen molar-refractivity contribution in [3.8, 4) is 0 Å². The Morgan fingerprint density at radius 3 is 2.22 bits per heavy atom. The molecule has 0 aliphatic heterocycles. The number of nitrogens with zero attached hydrogens (tertiary/aromatic N) is 1. The fourth-order valence-corrected chi connectivity index (χ4v) is 2.18. The smallest absolute Gasteiger partial charge is 0.274 e. The van der Waals surface area contributed by atoms with Crippen LogP contribution in [0, 0.1) is 29.1 Å². The molecule has 0 atom stereocenters. The number of aromatic nitrogens is 1. The van der Waals surface area contributed by atoms with Gasteiger partial charge >= 0.3 is 0 Å². The summed E-state index contributed by atoms with van der Waals surface area (Å²) < 4.78 is 66.0. The fraction of sp³-hybridized carbons (Fsp3) is 0. The number of anilines is 3. The van der Waals surface area contributed by atoms with Gasteiger partial charge in [-0.3, -0.25) is 9.78 Å². The average molecular weight is 379 g/mol. The zero-order valence-electron chi connectivity index (χ0n) is 13.4. The monoisotopic (exact) mass is 379 g/mol. The van der Waals surface area contributed by atoms with Gasteiger partial charge in [0.15, 0.2) is 29.1 Å². The van der Waals surface area contributed by atoms with Crippen LogP contribution in [-0.2, 0) is 0 Å². The van der Waals surface area contributed by atoms with Crippen molar-refractivity contribution >= 4 is 23.0 Å². The van der Waals surface area contributed by atoms with Crippen molar-refractivity contribution in [3.63, 3.8) is 0 Å². The third-order valence-corrected chi connectivity index (χ3v) is 3.48. The molecule has 1 amide bonds. The molecule has 3 rings (SSSR count). The van der Waals surface area contributed by atoms with Gasteiger partial charge in [0.05, 0.1) is 5.69 Å². The average Bonchev–Trinajstić information content (AvgIpc) is 2.65. The number of halogens is 5. The maximum Gasteiger partial charge on any atom is 0.274 e. The summed E-state index contributed by atoms with van der Waals surface area (Å²) in [5.74, 6) is -7.59. The van der Waals surface area contributed by atoms with E-state index < -0.39 is 40.7 Å². The van der Waals surface area contributed by atoms with Gasteiger partial charge in [-0.25, -0.2) is 22.0 Å². The molecule has 2 aromatic carbocycles. The van der Waals surface area contributed by atoms with E-state index in [1.165, 1.54) is 24.4 Å². The molecule has 0 fully saturated rings. The first-order valence-electron chi connectivity index (χ1n) is 7.48. The Morgan fingerprint density at radius 1 is 0.778 bits per heavy atom. The molecule has 27 heavy (non-hydrogen) atoms. The second-order valence-electron chi connectivity index (χ2n) is 5.36. The number of rotatable bonds is 4. The van der Waals surface area contributed by atoms with E-state index in [1.807, 2.05) is 0 Å². The topological polar surface area (TPSA) is 54.0 Å². The van der Waals surface area contributed by atoms with Crippen LogP contribution in [0.1, 0.15) is 10.5 Å². The fourth-order valence-electron chi connectivity index (χ4n) is 2.18. The molecule has 138 valence electrons. The van der Waals surface area contributed by atoms with E-state index in [4.69, 9.17) is 0 Å². The molecule has 0 saturated carbocycles. The number of benzene rings is 2. The number of hydrogen-bond donors (Lipinski definition) is 2. The van der Waals surface area contributed by atoms with Crippen LogP contribution in [0.25, 0.3) is 0 Å². The van der Waals surface area contributed by atoms with E-state index in [1.54, 1.807) is 0 Å². The minimum absolute atomic E-state index is 0.174. The highest BCUT2D eigenvalue weighted by Crippen LogP contribution is 2.22. The van der Waals surface area contributed by atoms with Crippen LogP contribution < -0.4 is 10.6 Å². The standard InChI is InChI=1S/C18H10F5N3O/c19-11-2-1-9(7-13(11)21)25-10-5-6-24-15(8-10)18(27)26-14-4-3-12(20)16(22)17(14)23/h1-8H,(H,24,25)(H,26,27). The molecule has 9 heteroatoms. The van der Waals surface area contributed by atoms with Crippen LogP contribution in [0.3, 0.4) is 0 Å². The second kappa shape index (κ2) is 7.40. The van der Waals surface area contributed by atoms with E-state index in [0.29, 0.717) is 11.8 Å². The Bertz CT molecular complexity index is 1030. The van der Waals surface area contributed by atoms with Crippen molar-refractivity contribution in [2.24, 2.45) is 0 Å². The van der Waals surface area contributed by atoms with Crippen molar-refractivity contribution in [1.29, 1.82) is 0 Å². The lowest BCUT2D eigenvalue weighted by molar-refractivity contribution is 0.102. The highest BCUT2D eigenvalue weighted by molar-refractivity contribution is 6.03. The molecule has 0 radical (unpaired) electrons. The Morgan fingerprint density at radius 2 is 1.48 bits per heavy atom. The van der Waals surface area contributed by atoms with Crippen LogP contribution in [-0.4, -0.2) is 10.9 Å². The van der Waals surface area contributed by atoms with Crippen molar-refractivity contribution in [2.75, 3.05) is 10.6 Å². The molecule has 0 aliphatic rings. The highest BCUT2D eigenvalue weighted by Gasteiger charge is 2.17. The molecule has 0 aliphatic carbocycles. The molecule has 0 saturated heterocycles. The van der Waals surface area contributed by atoms with Gasteiger partial charge in [0.2, 0.25) is 0 Å². The molecule has 2 N–H and O–H groups in total. The van der Waals surface area contributed by atoms with Gasteiger partial charge in [-0.1, -0.05) is 0 Å². The summed E-state index contributed by atoms with van der Waals surface area (Å²) in [6, 6.07) is 7.39. The first-order valence-corrected chi connectivity index (χ1v) is 7.48. The summed E-state index contributed by atoms with van der Waals surface area (Å²) in [6.45, 7) is 0. The zero-order valence-corrected chi connectivity index (χ0v) is 13.4. The summed E-state index contributed by atoms with van der Waals surface area (Å²) in [5.41, 5.74) is -0.198. The van der Waals surface area contributed by atoms with Crippen LogP contribution >= 0.6 is 0 Å². The lowest BCUT2D eigenvalue weighted by atomic mass is 10.2. The molecular weight excluding hydrogens is 369 g/mol. The van der Waals surface area contributed by atoms with Gasteiger partial charge in [-0.15, -0.1) is 0 Å². The van der Waals surface area contributed by atoms with Gasteiger partial charge in [0.1, 0.15) is 5.69 Å². The minimum atomic E-state index is -1.71. The molecule has 1 heterocycles. The lowest BCUT2D eigenvalue weighted by Gasteiger charge is -2.10. The molecule has 4 nitrogen and oxygen atoms in total. The number of hydrogen-bond acceptors (Lipinski definition) is 3. The number of carbonyl (C=O) groups excluding carboxylic acids is 1. The largest absolute Gasteiger partial charge is 0.355 e. The lowest BCUT2D eigenvalue weighted by Crippen LogP contribution is -2.15. The van der Waals surface area contributed by atoms with E-state index in [9.17, 15) is 26.7 Å². The first kappa shape index (κ1) is 18.3. The maximum absolute atomic E-state index is 13.6. The Labute approximate surface area is 149 Å². The maximum atomic E-state index is 13.6. The molecule has 1 aromatic heterocycles. The molecule has 0 unspecified atom stereocenters. The molecule has 0 bridgehead atoms. The van der Waals surface area contributed by atoms with E-state index >= 15 is 0 Å². The van der Waals surface area contributed by atoms with Crippen LogP contribution in [0.4, 0.5) is 39.0 Å². The van der Waals surface area contributed by atoms with Crippen LogP contribution in [0.15, 0.2) is 48.7 Å². The normalized spacial score (nSPS) is 10.6. The van der Waals surface area contributed by atoms with Gasteiger partial charge in [-0.2, -0.15) is 0 Å². The summed E-state index contributed by atoms with van der Waals surface area (Å²) >= 11 is 0. The SMILES string of the molecule is O=C(Nc1ccc(F)c(F)c1F)c1cc(Nc2ccc(F)c(F)c2)ccn1. The predicted octanol–water partition coefficient (Wildman–Crippen LogP) is 4.77. The third-order valence-electron chi connectivity index (χ3n) is 3.48. The van der Waals surface area contributed by atoms with E-state index in [2.05, 4.69) is 15.6 Å². The van der Waals surface area contributed by atoms with E-state index in [0.717, 1.165) is 18.2 Å². The van der Waals surface area contributed by atoms with E-state index in [-0.39, 0.29) is 11.4 Å². The summed E-state index contributed by atoms with van der Waals surface area (Å²) in [7, 11) is 0. The van der Waals surface area contributed by atoms with Gasteiger partial charge in [0.25, 0.3) is 5.91 Å².